The minimum absolute atomic E-state index is 0.0313. The molecule has 0 aromatic carbocycles. The first kappa shape index (κ1) is 11.6. The predicted molar refractivity (Wildman–Crippen MR) is 61.3 cm³/mol. The summed E-state index contributed by atoms with van der Waals surface area (Å²) in [5, 5.41) is 5.06. The van der Waals surface area contributed by atoms with Crippen molar-refractivity contribution in [3.63, 3.8) is 0 Å². The van der Waals surface area contributed by atoms with Crippen molar-refractivity contribution >= 4 is 17.3 Å². The van der Waals surface area contributed by atoms with Crippen molar-refractivity contribution in [2.45, 2.75) is 19.1 Å². The summed E-state index contributed by atoms with van der Waals surface area (Å²) in [6.07, 6.45) is 0. The van der Waals surface area contributed by atoms with Gasteiger partial charge in [-0.2, -0.15) is 0 Å². The first-order valence-electron chi connectivity index (χ1n) is 5.21. The Hall–Kier alpha value is -0.910. The van der Waals surface area contributed by atoms with Crippen molar-refractivity contribution in [2.75, 3.05) is 19.7 Å². The number of carbonyl (C=O) groups excluding carboxylic acids is 1. The van der Waals surface area contributed by atoms with Crippen molar-refractivity contribution in [3.05, 3.63) is 22.4 Å². The van der Waals surface area contributed by atoms with Crippen LogP contribution in [0, 0.1) is 0 Å². The van der Waals surface area contributed by atoms with Gasteiger partial charge < -0.3 is 14.8 Å². The van der Waals surface area contributed by atoms with Crippen LogP contribution >= 0.6 is 11.3 Å². The van der Waals surface area contributed by atoms with Gasteiger partial charge in [0.15, 0.2) is 0 Å². The van der Waals surface area contributed by atoms with Crippen LogP contribution in [0.5, 0.6) is 0 Å². The van der Waals surface area contributed by atoms with Crippen LogP contribution in [0.25, 0.3) is 0 Å². The third-order valence-electron chi connectivity index (χ3n) is 2.49. The Bertz CT molecular complexity index is 346. The molecule has 0 saturated carbocycles. The third kappa shape index (κ3) is 3.04. The van der Waals surface area contributed by atoms with Gasteiger partial charge in [-0.15, -0.1) is 11.3 Å². The zero-order valence-corrected chi connectivity index (χ0v) is 10.0. The van der Waals surface area contributed by atoms with Crippen LogP contribution in [-0.2, 0) is 20.9 Å². The summed E-state index contributed by atoms with van der Waals surface area (Å²) in [5.74, 6) is -0.304. The van der Waals surface area contributed by atoms with E-state index in [-0.39, 0.29) is 18.2 Å². The van der Waals surface area contributed by atoms with Gasteiger partial charge in [0.2, 0.25) is 0 Å². The Morgan fingerprint density at radius 3 is 3.00 bits per heavy atom. The molecule has 0 aliphatic carbocycles. The number of rotatable bonds is 5. The Labute approximate surface area is 98.6 Å². The SMILES string of the molecule is CC1(OCC(=O)OCc2cccs2)CNC1. The summed E-state index contributed by atoms with van der Waals surface area (Å²) in [6, 6.07) is 3.88. The van der Waals surface area contributed by atoms with E-state index < -0.39 is 0 Å². The molecule has 1 aromatic heterocycles. The highest BCUT2D eigenvalue weighted by Gasteiger charge is 2.33. The van der Waals surface area contributed by atoms with Gasteiger partial charge in [0.25, 0.3) is 0 Å². The largest absolute Gasteiger partial charge is 0.458 e. The van der Waals surface area contributed by atoms with Gasteiger partial charge in [-0.3, -0.25) is 0 Å². The minimum atomic E-state index is -0.304. The Morgan fingerprint density at radius 2 is 2.44 bits per heavy atom. The van der Waals surface area contributed by atoms with Crippen LogP contribution in [0.1, 0.15) is 11.8 Å². The van der Waals surface area contributed by atoms with Gasteiger partial charge in [0, 0.05) is 18.0 Å². The fraction of sp³-hybridized carbons (Fsp3) is 0.545. The number of hydrogen-bond donors (Lipinski definition) is 1. The predicted octanol–water partition coefficient (Wildman–Crippen LogP) is 1.17. The van der Waals surface area contributed by atoms with Crippen molar-refractivity contribution in [1.29, 1.82) is 0 Å². The van der Waals surface area contributed by atoms with Crippen LogP contribution in [-0.4, -0.2) is 31.3 Å². The van der Waals surface area contributed by atoms with E-state index >= 15 is 0 Å². The van der Waals surface area contributed by atoms with Crippen molar-refractivity contribution in [1.82, 2.24) is 5.32 Å². The molecule has 2 rings (SSSR count). The number of carbonyl (C=O) groups is 1. The third-order valence-corrected chi connectivity index (χ3v) is 3.34. The Morgan fingerprint density at radius 1 is 1.62 bits per heavy atom. The summed E-state index contributed by atoms with van der Waals surface area (Å²) in [4.78, 5) is 12.4. The average Bonchev–Trinajstić information content (AvgIpc) is 2.73. The van der Waals surface area contributed by atoms with Crippen LogP contribution in [0.3, 0.4) is 0 Å². The number of hydrogen-bond acceptors (Lipinski definition) is 5. The fourth-order valence-electron chi connectivity index (χ4n) is 1.40. The molecule has 0 radical (unpaired) electrons. The number of ether oxygens (including phenoxy) is 2. The van der Waals surface area contributed by atoms with E-state index in [1.54, 1.807) is 11.3 Å². The second kappa shape index (κ2) is 4.95. The molecule has 4 nitrogen and oxygen atoms in total. The first-order chi connectivity index (χ1) is 7.68. The second-order valence-corrected chi connectivity index (χ2v) is 5.11. The molecule has 1 aliphatic rings. The van der Waals surface area contributed by atoms with Gasteiger partial charge in [-0.25, -0.2) is 4.79 Å². The second-order valence-electron chi connectivity index (χ2n) is 4.08. The number of thiophene rings is 1. The highest BCUT2D eigenvalue weighted by molar-refractivity contribution is 7.09. The zero-order chi connectivity index (χ0) is 11.4. The molecule has 16 heavy (non-hydrogen) atoms. The smallest absolute Gasteiger partial charge is 0.332 e. The summed E-state index contributed by atoms with van der Waals surface area (Å²) in [6.45, 7) is 3.95. The standard InChI is InChI=1S/C11H15NO3S/c1-11(7-12-8-11)15-6-10(13)14-5-9-3-2-4-16-9/h2-4,12H,5-8H2,1H3. The lowest BCUT2D eigenvalue weighted by molar-refractivity contribution is -0.159. The van der Waals surface area contributed by atoms with Gasteiger partial charge in [0.1, 0.15) is 13.2 Å². The van der Waals surface area contributed by atoms with Crippen LogP contribution in [0.4, 0.5) is 0 Å². The summed E-state index contributed by atoms with van der Waals surface area (Å²) in [7, 11) is 0. The molecular weight excluding hydrogens is 226 g/mol. The van der Waals surface area contributed by atoms with E-state index in [0.29, 0.717) is 6.61 Å². The average molecular weight is 241 g/mol. The zero-order valence-electron chi connectivity index (χ0n) is 9.19. The fourth-order valence-corrected chi connectivity index (χ4v) is 2.02. The molecule has 1 N–H and O–H groups in total. The number of esters is 1. The van der Waals surface area contributed by atoms with Gasteiger partial charge >= 0.3 is 5.97 Å². The van der Waals surface area contributed by atoms with Crippen LogP contribution in [0.2, 0.25) is 0 Å². The molecule has 0 unspecified atom stereocenters. The molecule has 0 atom stereocenters. The van der Waals surface area contributed by atoms with E-state index in [1.165, 1.54) is 0 Å². The summed E-state index contributed by atoms with van der Waals surface area (Å²) >= 11 is 1.58. The molecule has 0 spiro atoms. The molecule has 1 fully saturated rings. The number of nitrogens with one attached hydrogen (secondary N) is 1. The van der Waals surface area contributed by atoms with Crippen LogP contribution < -0.4 is 5.32 Å². The van der Waals surface area contributed by atoms with Crippen LogP contribution in [0.15, 0.2) is 17.5 Å². The Kier molecular flexibility index (Phi) is 3.58. The highest BCUT2D eigenvalue weighted by atomic mass is 32.1. The lowest BCUT2D eigenvalue weighted by Crippen LogP contribution is -2.59. The molecule has 88 valence electrons. The molecule has 1 saturated heterocycles. The maximum atomic E-state index is 11.4. The monoisotopic (exact) mass is 241 g/mol. The topological polar surface area (TPSA) is 47.6 Å². The lowest BCUT2D eigenvalue weighted by atomic mass is 10.0. The van der Waals surface area contributed by atoms with Gasteiger partial charge in [-0.05, 0) is 18.4 Å². The molecule has 2 heterocycles. The maximum Gasteiger partial charge on any atom is 0.332 e. The summed E-state index contributed by atoms with van der Waals surface area (Å²) < 4.78 is 10.5. The molecule has 0 bridgehead atoms. The van der Waals surface area contributed by atoms with Gasteiger partial charge in [0.05, 0.1) is 5.60 Å². The summed E-state index contributed by atoms with van der Waals surface area (Å²) in [5.41, 5.74) is -0.193. The quantitative estimate of drug-likeness (QED) is 0.786. The molecule has 5 heteroatoms. The lowest BCUT2D eigenvalue weighted by Gasteiger charge is -2.38. The van der Waals surface area contributed by atoms with E-state index in [9.17, 15) is 4.79 Å². The molecular formula is C11H15NO3S. The van der Waals surface area contributed by atoms with E-state index in [0.717, 1.165) is 18.0 Å². The van der Waals surface area contributed by atoms with Gasteiger partial charge in [-0.1, -0.05) is 6.07 Å². The molecule has 1 aromatic rings. The minimum Gasteiger partial charge on any atom is -0.458 e. The molecule has 1 aliphatic heterocycles. The Balaban J connectivity index is 1.65. The normalized spacial score (nSPS) is 17.8. The highest BCUT2D eigenvalue weighted by Crippen LogP contribution is 2.15. The van der Waals surface area contributed by atoms with E-state index in [1.807, 2.05) is 24.4 Å². The van der Waals surface area contributed by atoms with Crippen molar-refractivity contribution in [3.8, 4) is 0 Å². The first-order valence-corrected chi connectivity index (χ1v) is 6.09. The van der Waals surface area contributed by atoms with E-state index in [2.05, 4.69) is 5.32 Å². The molecule has 0 amide bonds. The van der Waals surface area contributed by atoms with E-state index in [4.69, 9.17) is 9.47 Å². The van der Waals surface area contributed by atoms with Crippen molar-refractivity contribution in [2.24, 2.45) is 0 Å². The van der Waals surface area contributed by atoms with Crippen molar-refractivity contribution < 1.29 is 14.3 Å². The maximum absolute atomic E-state index is 11.4.